The molecule has 0 spiro atoms. The van der Waals surface area contributed by atoms with Crippen LogP contribution < -0.4 is 10.5 Å². The summed E-state index contributed by atoms with van der Waals surface area (Å²) in [6, 6.07) is 12.4. The van der Waals surface area contributed by atoms with Gasteiger partial charge in [0.1, 0.15) is 11.6 Å². The number of halogens is 1. The molecule has 1 unspecified atom stereocenters. The highest BCUT2D eigenvalue weighted by Crippen LogP contribution is 2.32. The molecule has 0 saturated carbocycles. The fourth-order valence-corrected chi connectivity index (χ4v) is 2.49. The highest BCUT2D eigenvalue weighted by atomic mass is 19.1. The monoisotopic (exact) mass is 257 g/mol. The number of benzene rings is 2. The SMILES string of the molecule is CC(N)(c1cccc(F)c1)c1ccc2c(c1)CCO2. The van der Waals surface area contributed by atoms with Gasteiger partial charge in [-0.15, -0.1) is 0 Å². The standard InChI is InChI=1S/C16H16FNO/c1-16(18,12-3-2-4-14(17)10-12)13-5-6-15-11(9-13)7-8-19-15/h2-6,9-10H,7-8,18H2,1H3. The van der Waals surface area contributed by atoms with Gasteiger partial charge in [-0.2, -0.15) is 0 Å². The Morgan fingerprint density at radius 3 is 2.74 bits per heavy atom. The van der Waals surface area contributed by atoms with Crippen molar-refractivity contribution < 1.29 is 9.13 Å². The summed E-state index contributed by atoms with van der Waals surface area (Å²) in [6.07, 6.45) is 0.905. The van der Waals surface area contributed by atoms with E-state index in [-0.39, 0.29) is 5.82 Å². The van der Waals surface area contributed by atoms with Crippen LogP contribution in [0.3, 0.4) is 0 Å². The van der Waals surface area contributed by atoms with Gasteiger partial charge in [0.15, 0.2) is 0 Å². The second-order valence-electron chi connectivity index (χ2n) is 5.13. The van der Waals surface area contributed by atoms with Gasteiger partial charge >= 0.3 is 0 Å². The first-order valence-corrected chi connectivity index (χ1v) is 6.38. The molecule has 0 amide bonds. The van der Waals surface area contributed by atoms with Crippen LogP contribution in [0.2, 0.25) is 0 Å². The minimum Gasteiger partial charge on any atom is -0.493 e. The third kappa shape index (κ3) is 2.10. The highest BCUT2D eigenvalue weighted by molar-refractivity contribution is 5.45. The third-order valence-electron chi connectivity index (χ3n) is 3.71. The molecule has 2 N–H and O–H groups in total. The number of nitrogens with two attached hydrogens (primary N) is 1. The van der Waals surface area contributed by atoms with Crippen molar-refractivity contribution in [3.8, 4) is 5.75 Å². The third-order valence-corrected chi connectivity index (χ3v) is 3.71. The maximum absolute atomic E-state index is 13.4. The number of hydrogen-bond acceptors (Lipinski definition) is 2. The predicted octanol–water partition coefficient (Wildman–Crippen LogP) is 2.98. The van der Waals surface area contributed by atoms with Crippen molar-refractivity contribution in [2.75, 3.05) is 6.61 Å². The number of fused-ring (bicyclic) bond motifs is 1. The first kappa shape index (κ1) is 12.2. The van der Waals surface area contributed by atoms with E-state index < -0.39 is 5.54 Å². The summed E-state index contributed by atoms with van der Waals surface area (Å²) < 4.78 is 18.8. The summed E-state index contributed by atoms with van der Waals surface area (Å²) >= 11 is 0. The molecule has 3 rings (SSSR count). The van der Waals surface area contributed by atoms with E-state index in [4.69, 9.17) is 10.5 Å². The lowest BCUT2D eigenvalue weighted by Gasteiger charge is -2.26. The molecule has 1 aliphatic heterocycles. The predicted molar refractivity (Wildman–Crippen MR) is 72.7 cm³/mol. The lowest BCUT2D eigenvalue weighted by atomic mass is 9.84. The average molecular weight is 257 g/mol. The summed E-state index contributed by atoms with van der Waals surface area (Å²) in [7, 11) is 0. The van der Waals surface area contributed by atoms with Crippen molar-refractivity contribution in [1.82, 2.24) is 0 Å². The zero-order valence-corrected chi connectivity index (χ0v) is 10.8. The Hall–Kier alpha value is -1.87. The van der Waals surface area contributed by atoms with Gasteiger partial charge in [-0.05, 0) is 47.9 Å². The Labute approximate surface area is 112 Å². The molecule has 19 heavy (non-hydrogen) atoms. The summed E-state index contributed by atoms with van der Waals surface area (Å²) in [5.41, 5.74) is 8.62. The Bertz CT molecular complexity index is 622. The molecule has 0 saturated heterocycles. The fraction of sp³-hybridized carbons (Fsp3) is 0.250. The molecule has 1 heterocycles. The number of rotatable bonds is 2. The van der Waals surface area contributed by atoms with Crippen LogP contribution >= 0.6 is 0 Å². The van der Waals surface area contributed by atoms with Gasteiger partial charge in [-0.25, -0.2) is 4.39 Å². The van der Waals surface area contributed by atoms with Gasteiger partial charge in [0, 0.05) is 6.42 Å². The summed E-state index contributed by atoms with van der Waals surface area (Å²) in [6.45, 7) is 2.62. The topological polar surface area (TPSA) is 35.2 Å². The van der Waals surface area contributed by atoms with Crippen molar-refractivity contribution in [2.45, 2.75) is 18.9 Å². The summed E-state index contributed by atoms with van der Waals surface area (Å²) in [4.78, 5) is 0. The number of ether oxygens (including phenoxy) is 1. The second-order valence-corrected chi connectivity index (χ2v) is 5.13. The van der Waals surface area contributed by atoms with Crippen LogP contribution in [0.25, 0.3) is 0 Å². The van der Waals surface area contributed by atoms with Gasteiger partial charge in [0.25, 0.3) is 0 Å². The average Bonchev–Trinajstić information content (AvgIpc) is 2.85. The maximum atomic E-state index is 13.4. The Morgan fingerprint density at radius 2 is 1.95 bits per heavy atom. The van der Waals surface area contributed by atoms with E-state index in [0.29, 0.717) is 0 Å². The first-order valence-electron chi connectivity index (χ1n) is 6.38. The second kappa shape index (κ2) is 4.35. The molecule has 0 aromatic heterocycles. The molecular formula is C16H16FNO. The van der Waals surface area contributed by atoms with Crippen molar-refractivity contribution in [1.29, 1.82) is 0 Å². The van der Waals surface area contributed by atoms with E-state index in [1.54, 1.807) is 6.07 Å². The fourth-order valence-electron chi connectivity index (χ4n) is 2.49. The molecule has 2 nitrogen and oxygen atoms in total. The zero-order valence-electron chi connectivity index (χ0n) is 10.8. The van der Waals surface area contributed by atoms with Crippen molar-refractivity contribution in [3.63, 3.8) is 0 Å². The zero-order chi connectivity index (χ0) is 13.5. The summed E-state index contributed by atoms with van der Waals surface area (Å²) in [5.74, 6) is 0.664. The van der Waals surface area contributed by atoms with E-state index >= 15 is 0 Å². The first-order chi connectivity index (χ1) is 9.07. The molecule has 1 atom stereocenters. The Morgan fingerprint density at radius 1 is 1.16 bits per heavy atom. The van der Waals surface area contributed by atoms with Gasteiger partial charge in [0.2, 0.25) is 0 Å². The van der Waals surface area contributed by atoms with Gasteiger partial charge in [-0.1, -0.05) is 18.2 Å². The van der Waals surface area contributed by atoms with Crippen LogP contribution in [-0.4, -0.2) is 6.61 Å². The Balaban J connectivity index is 2.04. The summed E-state index contributed by atoms with van der Waals surface area (Å²) in [5, 5.41) is 0. The number of hydrogen-bond donors (Lipinski definition) is 1. The van der Waals surface area contributed by atoms with E-state index in [0.717, 1.165) is 29.9 Å². The molecule has 2 aromatic rings. The van der Waals surface area contributed by atoms with E-state index in [1.807, 2.05) is 25.1 Å². The largest absolute Gasteiger partial charge is 0.493 e. The lowest BCUT2D eigenvalue weighted by Crippen LogP contribution is -2.34. The normalized spacial score (nSPS) is 16.6. The van der Waals surface area contributed by atoms with Crippen LogP contribution in [-0.2, 0) is 12.0 Å². The van der Waals surface area contributed by atoms with E-state index in [9.17, 15) is 4.39 Å². The van der Waals surface area contributed by atoms with Crippen molar-refractivity contribution >= 4 is 0 Å². The molecule has 1 aliphatic rings. The van der Waals surface area contributed by atoms with E-state index in [1.165, 1.54) is 17.7 Å². The van der Waals surface area contributed by atoms with Crippen LogP contribution in [0.4, 0.5) is 4.39 Å². The minimum atomic E-state index is -0.709. The molecule has 2 aromatic carbocycles. The van der Waals surface area contributed by atoms with Crippen molar-refractivity contribution in [2.24, 2.45) is 5.73 Å². The van der Waals surface area contributed by atoms with Crippen LogP contribution in [0.5, 0.6) is 5.75 Å². The van der Waals surface area contributed by atoms with Gasteiger partial charge in [-0.3, -0.25) is 0 Å². The van der Waals surface area contributed by atoms with Crippen LogP contribution in [0.1, 0.15) is 23.6 Å². The highest BCUT2D eigenvalue weighted by Gasteiger charge is 2.26. The van der Waals surface area contributed by atoms with Crippen LogP contribution in [0.15, 0.2) is 42.5 Å². The molecule has 0 aliphatic carbocycles. The van der Waals surface area contributed by atoms with Gasteiger partial charge in [0.05, 0.1) is 12.1 Å². The molecular weight excluding hydrogens is 241 g/mol. The molecule has 0 fully saturated rings. The lowest BCUT2D eigenvalue weighted by molar-refractivity contribution is 0.356. The van der Waals surface area contributed by atoms with E-state index in [2.05, 4.69) is 6.07 Å². The Kier molecular flexibility index (Phi) is 2.79. The molecule has 0 radical (unpaired) electrons. The van der Waals surface area contributed by atoms with Crippen molar-refractivity contribution in [3.05, 3.63) is 65.0 Å². The molecule has 98 valence electrons. The smallest absolute Gasteiger partial charge is 0.123 e. The quantitative estimate of drug-likeness (QED) is 0.897. The molecule has 3 heteroatoms. The van der Waals surface area contributed by atoms with Crippen LogP contribution in [0, 0.1) is 5.82 Å². The maximum Gasteiger partial charge on any atom is 0.123 e. The van der Waals surface area contributed by atoms with Gasteiger partial charge < -0.3 is 10.5 Å². The molecule has 0 bridgehead atoms. The minimum absolute atomic E-state index is 0.265.